The third-order valence-corrected chi connectivity index (χ3v) is 23.1. The van der Waals surface area contributed by atoms with E-state index >= 15 is 0 Å². The largest absolute Gasteiger partial charge is 0.500 e. The first kappa shape index (κ1) is 54.2. The molecule has 0 fully saturated rings. The number of hydrogen-bond donors (Lipinski definition) is 2. The van der Waals surface area contributed by atoms with E-state index in [2.05, 4.69) is 24.5 Å². The van der Waals surface area contributed by atoms with Crippen molar-refractivity contribution in [1.29, 1.82) is 0 Å². The van der Waals surface area contributed by atoms with Gasteiger partial charge in [0.15, 0.2) is 0 Å². The van der Waals surface area contributed by atoms with Crippen molar-refractivity contribution in [2.24, 2.45) is 0 Å². The van der Waals surface area contributed by atoms with E-state index < -0.39 is 29.8 Å². The summed E-state index contributed by atoms with van der Waals surface area (Å²) in [4.78, 5) is 27.8. The SMILES string of the molecule is CCCCC1=C(SCCOC(=O)NCCC[Si](OCC)(OCC)OCC)S/C(=C2\SC(CCCC)=C(SCCOC(=O)NCCC[Si](OCC)(OCC)OCC)S2)S1. The summed E-state index contributed by atoms with van der Waals surface area (Å²) in [7, 11) is -5.46. The molecule has 0 aromatic rings. The molecule has 0 aromatic heterocycles. The van der Waals surface area contributed by atoms with Gasteiger partial charge in [-0.1, -0.05) is 73.7 Å². The fourth-order valence-corrected chi connectivity index (χ4v) is 19.6. The smallest absolute Gasteiger partial charge is 0.449 e. The number of unbranched alkanes of at least 4 members (excludes halogenated alkanes) is 2. The number of allylic oxidation sites excluding steroid dienone is 2. The van der Waals surface area contributed by atoms with E-state index in [0.717, 1.165) is 38.5 Å². The molecule has 2 amide bonds. The lowest BCUT2D eigenvalue weighted by atomic mass is 10.2. The number of ether oxygens (including phenoxy) is 2. The van der Waals surface area contributed by atoms with Crippen LogP contribution in [0.1, 0.15) is 107 Å². The Balaban J connectivity index is 1.84. The molecule has 0 aromatic carbocycles. The topological polar surface area (TPSA) is 132 Å². The Kier molecular flexibility index (Phi) is 30.5. The maximum Gasteiger partial charge on any atom is 0.500 e. The molecule has 0 atom stereocenters. The quantitative estimate of drug-likeness (QED) is 0.0468. The molecule has 2 rings (SSSR count). The lowest BCUT2D eigenvalue weighted by molar-refractivity contribution is 0.0699. The van der Waals surface area contributed by atoms with E-state index in [1.807, 2.05) is 88.6 Å². The van der Waals surface area contributed by atoms with Gasteiger partial charge in [0.25, 0.3) is 0 Å². The summed E-state index contributed by atoms with van der Waals surface area (Å²) in [5.41, 5.74) is 0. The monoisotopic (exact) mass is 962 g/mol. The van der Waals surface area contributed by atoms with E-state index in [9.17, 15) is 9.59 Å². The first-order chi connectivity index (χ1) is 28.2. The molecule has 2 heterocycles. The second-order valence-corrected chi connectivity index (χ2v) is 25.6. The maximum absolute atomic E-state index is 12.5. The lowest BCUT2D eigenvalue weighted by Gasteiger charge is -2.28. The Morgan fingerprint density at radius 2 is 0.862 bits per heavy atom. The molecule has 2 aliphatic heterocycles. The maximum atomic E-state index is 12.5. The fraction of sp³-hybridized carbons (Fsp3) is 0.789. The highest BCUT2D eigenvalue weighted by molar-refractivity contribution is 8.40. The molecule has 20 heteroatoms. The molecule has 0 aliphatic carbocycles. The molecule has 2 aliphatic rings. The second-order valence-electron chi connectivity index (χ2n) is 12.6. The van der Waals surface area contributed by atoms with E-state index in [1.54, 1.807) is 23.5 Å². The number of rotatable bonds is 34. The number of thioether (sulfide) groups is 6. The van der Waals surface area contributed by atoms with Crippen LogP contribution in [0.2, 0.25) is 12.1 Å². The van der Waals surface area contributed by atoms with Crippen LogP contribution in [0.3, 0.4) is 0 Å². The number of carbonyl (C=O) groups excluding carboxylic acids is 2. The van der Waals surface area contributed by atoms with Crippen LogP contribution < -0.4 is 10.6 Å². The second kappa shape index (κ2) is 32.7. The summed E-state index contributed by atoms with van der Waals surface area (Å²) >= 11 is 11.1. The van der Waals surface area contributed by atoms with E-state index in [1.165, 1.54) is 26.8 Å². The molecule has 336 valence electrons. The minimum atomic E-state index is -2.73. The van der Waals surface area contributed by atoms with Gasteiger partial charge in [-0.25, -0.2) is 9.59 Å². The van der Waals surface area contributed by atoms with Crippen molar-refractivity contribution < 1.29 is 45.6 Å². The Morgan fingerprint density at radius 1 is 0.517 bits per heavy atom. The van der Waals surface area contributed by atoms with E-state index in [-0.39, 0.29) is 0 Å². The Morgan fingerprint density at radius 3 is 1.17 bits per heavy atom. The Labute approximate surface area is 377 Å². The van der Waals surface area contributed by atoms with Crippen LogP contribution in [-0.2, 0) is 36.0 Å². The predicted octanol–water partition coefficient (Wildman–Crippen LogP) is 11.6. The van der Waals surface area contributed by atoms with Gasteiger partial charge in [0.05, 0.1) is 16.9 Å². The van der Waals surface area contributed by atoms with Crippen molar-refractivity contribution >= 4 is 100 Å². The molecule has 0 bridgehead atoms. The standard InChI is InChI=1S/C38H70N2O10S6Si2/c1-9-17-21-31-33(51-27-25-43-37(41)39-23-19-29-57(45-11-3,46-12-4)47-13-5)55-35(53-31)36-54-32(22-18-10-2)34(56-36)52-28-26-44-38(42)40-24-20-30-58(48-14-6,49-15-7)50-16-8/h9-30H2,1-8H3,(H,39,41)(H,40,42)/b36-35+. The zero-order chi connectivity index (χ0) is 42.5. The van der Waals surface area contributed by atoms with Crippen LogP contribution in [0.5, 0.6) is 0 Å². The van der Waals surface area contributed by atoms with Gasteiger partial charge >= 0.3 is 29.8 Å². The molecule has 12 nitrogen and oxygen atoms in total. The van der Waals surface area contributed by atoms with Gasteiger partial charge in [-0.3, -0.25) is 0 Å². The highest BCUT2D eigenvalue weighted by Gasteiger charge is 2.40. The highest BCUT2D eigenvalue weighted by atomic mass is 32.2. The summed E-state index contributed by atoms with van der Waals surface area (Å²) in [5.74, 6) is 1.38. The molecule has 0 saturated carbocycles. The lowest BCUT2D eigenvalue weighted by Crippen LogP contribution is -2.46. The van der Waals surface area contributed by atoms with Crippen molar-refractivity contribution in [3.63, 3.8) is 0 Å². The number of carbonyl (C=O) groups is 2. The van der Waals surface area contributed by atoms with Crippen molar-refractivity contribution in [1.82, 2.24) is 10.6 Å². The predicted molar refractivity (Wildman–Crippen MR) is 254 cm³/mol. The average molecular weight is 964 g/mol. The fourth-order valence-electron chi connectivity index (χ4n) is 5.63. The first-order valence-corrected chi connectivity index (χ1v) is 30.1. The number of nitrogens with one attached hydrogen (secondary N) is 2. The third kappa shape index (κ3) is 20.9. The van der Waals surface area contributed by atoms with Gasteiger partial charge in [-0.2, -0.15) is 0 Å². The molecule has 0 radical (unpaired) electrons. The Hall–Kier alpha value is 0.0538. The van der Waals surface area contributed by atoms with Crippen molar-refractivity contribution in [3.8, 4) is 0 Å². The molecule has 0 unspecified atom stereocenters. The van der Waals surface area contributed by atoms with E-state index in [0.29, 0.717) is 102 Å². The molecular formula is C38H70N2O10S6Si2. The van der Waals surface area contributed by atoms with Gasteiger partial charge in [0, 0.05) is 86.1 Å². The zero-order valence-electron chi connectivity index (χ0n) is 36.1. The highest BCUT2D eigenvalue weighted by Crippen LogP contribution is 2.64. The normalized spacial score (nSPS) is 16.1. The third-order valence-electron chi connectivity index (χ3n) is 8.08. The molecule has 58 heavy (non-hydrogen) atoms. The summed E-state index contributed by atoms with van der Waals surface area (Å²) in [6.07, 6.45) is 7.21. The van der Waals surface area contributed by atoms with E-state index in [4.69, 9.17) is 36.0 Å². The average Bonchev–Trinajstić information content (AvgIpc) is 3.81. The van der Waals surface area contributed by atoms with Crippen LogP contribution in [0.15, 0.2) is 26.8 Å². The summed E-state index contributed by atoms with van der Waals surface area (Å²) in [5, 5.41) is 5.74. The van der Waals surface area contributed by atoms with Gasteiger partial charge in [-0.05, 0) is 80.1 Å². The minimum absolute atomic E-state index is 0.332. The van der Waals surface area contributed by atoms with Gasteiger partial charge in [-0.15, -0.1) is 23.5 Å². The van der Waals surface area contributed by atoms with Gasteiger partial charge < -0.3 is 46.7 Å². The number of hydrogen-bond acceptors (Lipinski definition) is 16. The summed E-state index contributed by atoms with van der Waals surface area (Å²) in [6, 6.07) is 1.29. The van der Waals surface area contributed by atoms with Crippen LogP contribution in [0.25, 0.3) is 0 Å². The summed E-state index contributed by atoms with van der Waals surface area (Å²) in [6.45, 7) is 20.9. The van der Waals surface area contributed by atoms with Gasteiger partial charge in [0.1, 0.15) is 13.2 Å². The van der Waals surface area contributed by atoms with Crippen molar-refractivity contribution in [2.45, 2.75) is 119 Å². The van der Waals surface area contributed by atoms with Crippen LogP contribution in [0.4, 0.5) is 9.59 Å². The molecule has 0 spiro atoms. The van der Waals surface area contributed by atoms with Crippen LogP contribution in [-0.4, -0.2) is 107 Å². The molecule has 0 saturated heterocycles. The van der Waals surface area contributed by atoms with Crippen LogP contribution >= 0.6 is 70.6 Å². The zero-order valence-corrected chi connectivity index (χ0v) is 43.0. The molecular weight excluding hydrogens is 893 g/mol. The number of alkyl carbamates (subject to hydrolysis) is 2. The first-order valence-electron chi connectivity index (χ1n) is 21.0. The molecule has 2 N–H and O–H groups in total. The Bertz CT molecular complexity index is 1170. The number of amides is 2. The minimum Gasteiger partial charge on any atom is -0.449 e. The van der Waals surface area contributed by atoms with Crippen LogP contribution in [0, 0.1) is 0 Å². The van der Waals surface area contributed by atoms with Crippen molar-refractivity contribution in [3.05, 3.63) is 26.8 Å². The van der Waals surface area contributed by atoms with Crippen molar-refractivity contribution in [2.75, 3.05) is 77.5 Å². The summed E-state index contributed by atoms with van der Waals surface area (Å²) < 4.78 is 51.8. The van der Waals surface area contributed by atoms with Gasteiger partial charge in [0.2, 0.25) is 0 Å².